The number of fused-ring (bicyclic) bond motifs is 1. The molecule has 3 rings (SSSR count). The van der Waals surface area contributed by atoms with Gasteiger partial charge in [0, 0.05) is 16.6 Å². The van der Waals surface area contributed by atoms with E-state index in [4.69, 9.17) is 5.73 Å². The zero-order valence-corrected chi connectivity index (χ0v) is 16.0. The molecule has 0 bridgehead atoms. The van der Waals surface area contributed by atoms with Gasteiger partial charge in [0.2, 0.25) is 0 Å². The maximum absolute atomic E-state index is 12.5. The number of phenols is 1. The molecular weight excluding hydrogens is 424 g/mol. The monoisotopic (exact) mass is 438 g/mol. The van der Waals surface area contributed by atoms with E-state index in [1.807, 2.05) is 0 Å². The Kier molecular flexibility index (Phi) is 4.96. The number of rotatable bonds is 4. The van der Waals surface area contributed by atoms with Crippen molar-refractivity contribution >= 4 is 48.3 Å². The molecule has 0 unspecified atom stereocenters. The van der Waals surface area contributed by atoms with Gasteiger partial charge in [-0.2, -0.15) is 16.8 Å². The van der Waals surface area contributed by atoms with Crippen LogP contribution in [0, 0.1) is 0 Å². The van der Waals surface area contributed by atoms with Crippen LogP contribution in [-0.2, 0) is 20.2 Å². The number of nitrogens with one attached hydrogen (secondary N) is 1. The van der Waals surface area contributed by atoms with Crippen molar-refractivity contribution in [3.05, 3.63) is 54.1 Å². The molecule has 1 amide bonds. The highest BCUT2D eigenvalue weighted by Crippen LogP contribution is 2.40. The maximum atomic E-state index is 12.5. The van der Waals surface area contributed by atoms with Crippen molar-refractivity contribution in [2.45, 2.75) is 9.79 Å². The largest absolute Gasteiger partial charge is 0.506 e. The molecule has 0 radical (unpaired) electrons. The molecule has 0 fully saturated rings. The molecule has 12 heteroatoms. The number of phenolic OH excluding ortho intramolecular Hbond substituents is 1. The minimum absolute atomic E-state index is 0.0205. The first-order valence-corrected chi connectivity index (χ1v) is 10.7. The second-order valence-corrected chi connectivity index (χ2v) is 8.73. The standard InChI is InChI=1S/C17H14N2O8S2/c18-11-5-1-4-10(7-11)17(21)19-12-6-2-3-9-8-13(28(22,23)24)16(29(25,26)27)15(20)14(9)12/h1-8,20H,18H2,(H,19,21)(H,22,23,24)(H,25,26,27). The summed E-state index contributed by atoms with van der Waals surface area (Å²) in [5.41, 5.74) is 6.06. The van der Waals surface area contributed by atoms with Crippen LogP contribution in [0.5, 0.6) is 5.75 Å². The fourth-order valence-corrected chi connectivity index (χ4v) is 4.71. The van der Waals surface area contributed by atoms with Gasteiger partial charge in [-0.25, -0.2) is 0 Å². The number of nitrogen functional groups attached to an aromatic ring is 1. The molecule has 0 atom stereocenters. The highest BCUT2D eigenvalue weighted by Gasteiger charge is 2.30. The summed E-state index contributed by atoms with van der Waals surface area (Å²) >= 11 is 0. The van der Waals surface area contributed by atoms with Gasteiger partial charge in [-0.3, -0.25) is 13.9 Å². The molecule has 0 aliphatic rings. The molecule has 0 saturated carbocycles. The lowest BCUT2D eigenvalue weighted by Gasteiger charge is -2.14. The van der Waals surface area contributed by atoms with Crippen molar-refractivity contribution in [2.75, 3.05) is 11.1 Å². The third-order valence-electron chi connectivity index (χ3n) is 3.99. The van der Waals surface area contributed by atoms with Crippen LogP contribution < -0.4 is 11.1 Å². The van der Waals surface area contributed by atoms with Crippen LogP contribution in [0.1, 0.15) is 10.4 Å². The molecule has 0 heterocycles. The molecule has 0 aliphatic carbocycles. The van der Waals surface area contributed by atoms with E-state index in [9.17, 15) is 35.8 Å². The Hall–Kier alpha value is -3.19. The van der Waals surface area contributed by atoms with E-state index in [1.165, 1.54) is 30.3 Å². The summed E-state index contributed by atoms with van der Waals surface area (Å²) in [6, 6.07) is 10.8. The highest BCUT2D eigenvalue weighted by molar-refractivity contribution is 7.89. The number of anilines is 2. The number of hydrogen-bond acceptors (Lipinski definition) is 7. The quantitative estimate of drug-likeness (QED) is 0.299. The van der Waals surface area contributed by atoms with Crippen molar-refractivity contribution < 1.29 is 35.8 Å². The van der Waals surface area contributed by atoms with Gasteiger partial charge >= 0.3 is 0 Å². The fourth-order valence-electron chi connectivity index (χ4n) is 2.81. The van der Waals surface area contributed by atoms with Gasteiger partial charge < -0.3 is 16.2 Å². The van der Waals surface area contributed by atoms with Gasteiger partial charge in [0.15, 0.2) is 4.90 Å². The lowest BCUT2D eigenvalue weighted by atomic mass is 10.1. The van der Waals surface area contributed by atoms with Crippen LogP contribution in [0.15, 0.2) is 58.3 Å². The van der Waals surface area contributed by atoms with Crippen molar-refractivity contribution in [3.8, 4) is 5.75 Å². The van der Waals surface area contributed by atoms with Crippen LogP contribution >= 0.6 is 0 Å². The van der Waals surface area contributed by atoms with Crippen LogP contribution in [0.4, 0.5) is 11.4 Å². The maximum Gasteiger partial charge on any atom is 0.299 e. The van der Waals surface area contributed by atoms with E-state index in [-0.39, 0.29) is 22.0 Å². The first kappa shape index (κ1) is 20.5. The van der Waals surface area contributed by atoms with Gasteiger partial charge in [-0.15, -0.1) is 0 Å². The first-order valence-electron chi connectivity index (χ1n) is 7.80. The summed E-state index contributed by atoms with van der Waals surface area (Å²) in [6.07, 6.45) is 0. The summed E-state index contributed by atoms with van der Waals surface area (Å²) < 4.78 is 65.2. The SMILES string of the molecule is Nc1cccc(C(=O)Nc2cccc3cc(S(=O)(=O)O)c(S(=O)(=O)O)c(O)c23)c1. The predicted octanol–water partition coefficient (Wildman–Crippen LogP) is 1.87. The van der Waals surface area contributed by atoms with E-state index in [0.29, 0.717) is 5.69 Å². The third kappa shape index (κ3) is 4.00. The van der Waals surface area contributed by atoms with Crippen LogP contribution in [-0.4, -0.2) is 37.0 Å². The van der Waals surface area contributed by atoms with Gasteiger partial charge in [0.05, 0.1) is 5.69 Å². The molecule has 3 aromatic carbocycles. The number of benzene rings is 3. The van der Waals surface area contributed by atoms with Crippen molar-refractivity contribution in [1.29, 1.82) is 0 Å². The molecule has 152 valence electrons. The van der Waals surface area contributed by atoms with Crippen LogP contribution in [0.3, 0.4) is 0 Å². The molecule has 29 heavy (non-hydrogen) atoms. The minimum atomic E-state index is -5.26. The number of carbonyl (C=O) groups is 1. The fraction of sp³-hybridized carbons (Fsp3) is 0. The number of amides is 1. The highest BCUT2D eigenvalue weighted by atomic mass is 32.2. The van der Waals surface area contributed by atoms with E-state index in [2.05, 4.69) is 5.32 Å². The molecule has 10 nitrogen and oxygen atoms in total. The number of carbonyl (C=O) groups excluding carboxylic acids is 1. The van der Waals surface area contributed by atoms with E-state index >= 15 is 0 Å². The molecule has 0 spiro atoms. The number of nitrogens with two attached hydrogens (primary N) is 1. The Balaban J connectivity index is 2.27. The van der Waals surface area contributed by atoms with Gasteiger partial charge in [-0.05, 0) is 35.7 Å². The van der Waals surface area contributed by atoms with E-state index in [1.54, 1.807) is 12.1 Å². The van der Waals surface area contributed by atoms with Gasteiger partial charge in [-0.1, -0.05) is 18.2 Å². The van der Waals surface area contributed by atoms with E-state index < -0.39 is 41.7 Å². The summed E-state index contributed by atoms with van der Waals surface area (Å²) in [4.78, 5) is 9.87. The average Bonchev–Trinajstić information content (AvgIpc) is 2.59. The van der Waals surface area contributed by atoms with Crippen molar-refractivity contribution in [2.24, 2.45) is 0 Å². The van der Waals surface area contributed by atoms with Crippen molar-refractivity contribution in [1.82, 2.24) is 0 Å². The lowest BCUT2D eigenvalue weighted by molar-refractivity contribution is 0.102. The molecule has 0 aromatic heterocycles. The summed E-state index contributed by atoms with van der Waals surface area (Å²) in [5, 5.41) is 12.6. The molecule has 3 aromatic rings. The Labute approximate surface area is 165 Å². The predicted molar refractivity (Wildman–Crippen MR) is 104 cm³/mol. The van der Waals surface area contributed by atoms with Crippen LogP contribution in [0.25, 0.3) is 10.8 Å². The second-order valence-electron chi connectivity index (χ2n) is 5.99. The Bertz CT molecular complexity index is 1370. The Morgan fingerprint density at radius 1 is 0.931 bits per heavy atom. The summed E-state index contributed by atoms with van der Waals surface area (Å²) in [5.74, 6) is -1.79. The van der Waals surface area contributed by atoms with Gasteiger partial charge in [0.1, 0.15) is 10.6 Å². The zero-order valence-electron chi connectivity index (χ0n) is 14.4. The van der Waals surface area contributed by atoms with Crippen LogP contribution in [0.2, 0.25) is 0 Å². The molecule has 0 saturated heterocycles. The topological polar surface area (TPSA) is 184 Å². The van der Waals surface area contributed by atoms with Gasteiger partial charge in [0.25, 0.3) is 26.1 Å². The first-order chi connectivity index (χ1) is 13.4. The third-order valence-corrected chi connectivity index (χ3v) is 5.93. The number of hydrogen-bond donors (Lipinski definition) is 5. The lowest BCUT2D eigenvalue weighted by Crippen LogP contribution is -2.13. The van der Waals surface area contributed by atoms with E-state index in [0.717, 1.165) is 6.07 Å². The molecule has 0 aliphatic heterocycles. The normalized spacial score (nSPS) is 12.1. The Morgan fingerprint density at radius 3 is 2.17 bits per heavy atom. The molecule has 6 N–H and O–H groups in total. The Morgan fingerprint density at radius 2 is 1.59 bits per heavy atom. The minimum Gasteiger partial charge on any atom is -0.506 e. The second kappa shape index (κ2) is 7.00. The van der Waals surface area contributed by atoms with Crippen molar-refractivity contribution in [3.63, 3.8) is 0 Å². The summed E-state index contributed by atoms with van der Waals surface area (Å²) in [7, 11) is -10.4. The average molecular weight is 438 g/mol. The summed E-state index contributed by atoms with van der Waals surface area (Å²) in [6.45, 7) is 0. The zero-order chi connectivity index (χ0) is 21.6. The smallest absolute Gasteiger partial charge is 0.299 e. The number of aromatic hydroxyl groups is 1. The molecular formula is C17H14N2O8S2.